The monoisotopic (exact) mass is 841 g/mol. The predicted octanol–water partition coefficient (Wildman–Crippen LogP) is 14.9. The Morgan fingerprint density at radius 1 is 0.625 bits per heavy atom. The van der Waals surface area contributed by atoms with E-state index in [2.05, 4.69) is 191 Å². The summed E-state index contributed by atoms with van der Waals surface area (Å²) in [6, 6.07) is 45.0. The number of benzene rings is 6. The summed E-state index contributed by atoms with van der Waals surface area (Å²) in [6.45, 7) is 26.0. The van der Waals surface area contributed by atoms with Crippen molar-refractivity contribution in [3.8, 4) is 67.5 Å². The van der Waals surface area contributed by atoms with Crippen LogP contribution in [0.2, 0.25) is 0 Å². The van der Waals surface area contributed by atoms with Gasteiger partial charge in [0.05, 0.1) is 5.56 Å². The number of hydrogen-bond acceptors (Lipinski definition) is 1. The average molecular weight is 842 g/mol. The lowest BCUT2D eigenvalue weighted by Crippen LogP contribution is -2.78. The second-order valence-electron chi connectivity index (χ2n) is 20.7. The standard InChI is InChI=1S/C60H61N3O/c1-34(2)42-29-48(37(7)8)57-51(30-42)58-62(44-25-23-40(24-26-44)54-45(35(3)4)15-13-16-46(54)36(5)6)52-18-14-17-47-49-32-43(59(10,11)12)33-50-53-31-41(39-21-19-38(9)20-22-39)27-28-61(53)60(64-57,55(49)50)63(58)56(47)52/h13-37H,1-12H3/q+2/i35D,36D. The van der Waals surface area contributed by atoms with Crippen molar-refractivity contribution in [2.45, 2.75) is 118 Å². The van der Waals surface area contributed by atoms with E-state index in [1.54, 1.807) is 0 Å². The van der Waals surface area contributed by atoms with Crippen molar-refractivity contribution < 1.29 is 16.6 Å². The Morgan fingerprint density at radius 3 is 1.92 bits per heavy atom. The maximum absolute atomic E-state index is 9.20. The fourth-order valence-electron chi connectivity index (χ4n) is 10.8. The molecule has 4 heteroatoms. The zero-order chi connectivity index (χ0) is 46.6. The minimum Gasteiger partial charge on any atom is -0.392 e. The Morgan fingerprint density at radius 2 is 1.28 bits per heavy atom. The molecule has 1 atom stereocenters. The number of aryl methyl sites for hydroxylation is 1. The molecule has 5 heterocycles. The van der Waals surface area contributed by atoms with E-state index in [0.717, 1.165) is 61.8 Å². The summed E-state index contributed by atoms with van der Waals surface area (Å²) in [7, 11) is 0. The van der Waals surface area contributed by atoms with Crippen LogP contribution in [0, 0.1) is 6.92 Å². The summed E-state index contributed by atoms with van der Waals surface area (Å²) in [6.07, 6.45) is 2.27. The molecule has 8 aromatic rings. The number of imidazole rings is 1. The van der Waals surface area contributed by atoms with E-state index < -0.39 is 17.6 Å². The molecule has 3 aliphatic heterocycles. The topological polar surface area (TPSA) is 21.9 Å². The first kappa shape index (κ1) is 38.2. The third kappa shape index (κ3) is 5.66. The maximum atomic E-state index is 9.20. The molecule has 3 aliphatic rings. The Balaban J connectivity index is 1.27. The normalized spacial score (nSPS) is 16.4. The van der Waals surface area contributed by atoms with Crippen LogP contribution in [-0.4, -0.2) is 4.57 Å². The maximum Gasteiger partial charge on any atom is 0.499 e. The van der Waals surface area contributed by atoms with Crippen LogP contribution in [0.3, 0.4) is 0 Å². The van der Waals surface area contributed by atoms with Gasteiger partial charge in [-0.05, 0) is 128 Å². The SMILES string of the molecule is [2H]C(C)(C)c1cccc(C([2H])(C)C)c1-c1ccc(-n2c3[n+]4c5c(cccc52)-c2cc(C(C)(C)C)cc5c2C4(Oc2c-3cc(C(C)C)cc2C(C)C)[n+]2ccc(-c3ccc(C)cc3)cc2-5)cc1. The first-order valence-electron chi connectivity index (χ1n) is 24.2. The molecule has 0 N–H and O–H groups in total. The number of fused-ring (bicyclic) bond motifs is 5. The van der Waals surface area contributed by atoms with Crippen LogP contribution in [0.15, 0.2) is 128 Å². The summed E-state index contributed by atoms with van der Waals surface area (Å²) in [4.78, 5) is 0. The van der Waals surface area contributed by atoms with Gasteiger partial charge in [0.2, 0.25) is 5.69 Å². The molecule has 6 aromatic carbocycles. The molecule has 4 nitrogen and oxygen atoms in total. The largest absolute Gasteiger partial charge is 0.499 e. The van der Waals surface area contributed by atoms with Crippen molar-refractivity contribution in [3.63, 3.8) is 0 Å². The van der Waals surface area contributed by atoms with Gasteiger partial charge in [-0.2, -0.15) is 4.57 Å². The van der Waals surface area contributed by atoms with Gasteiger partial charge in [0.15, 0.2) is 23.0 Å². The van der Waals surface area contributed by atoms with Gasteiger partial charge < -0.3 is 4.74 Å². The molecule has 2 aromatic heterocycles. The van der Waals surface area contributed by atoms with Crippen molar-refractivity contribution >= 4 is 11.0 Å². The summed E-state index contributed by atoms with van der Waals surface area (Å²) in [5, 5.41) is 0. The fourth-order valence-corrected chi connectivity index (χ4v) is 10.8. The van der Waals surface area contributed by atoms with Crippen LogP contribution in [0.1, 0.15) is 141 Å². The number of hydrogen-bond donors (Lipinski definition) is 0. The number of ether oxygens (including phenoxy) is 1. The minimum absolute atomic E-state index is 0.109. The van der Waals surface area contributed by atoms with Gasteiger partial charge in [-0.15, -0.1) is 9.13 Å². The van der Waals surface area contributed by atoms with Gasteiger partial charge in [-0.1, -0.05) is 148 Å². The smallest absolute Gasteiger partial charge is 0.392 e. The molecule has 64 heavy (non-hydrogen) atoms. The van der Waals surface area contributed by atoms with Gasteiger partial charge in [-0.25, -0.2) is 0 Å². The first-order valence-corrected chi connectivity index (χ1v) is 23.2. The Hall–Kier alpha value is -6.26. The van der Waals surface area contributed by atoms with Crippen LogP contribution in [0.4, 0.5) is 0 Å². The van der Waals surface area contributed by atoms with Crippen molar-refractivity contribution in [2.75, 3.05) is 0 Å². The Kier molecular flexibility index (Phi) is 8.43. The van der Waals surface area contributed by atoms with Crippen LogP contribution in [0.5, 0.6) is 5.75 Å². The van der Waals surface area contributed by atoms with Crippen LogP contribution in [-0.2, 0) is 11.3 Å². The zero-order valence-corrected chi connectivity index (χ0v) is 39.5. The molecule has 0 saturated heterocycles. The van der Waals surface area contributed by atoms with Crippen molar-refractivity contribution in [1.82, 2.24) is 4.57 Å². The van der Waals surface area contributed by atoms with E-state index >= 15 is 0 Å². The molecule has 0 saturated carbocycles. The number of nitrogens with zero attached hydrogens (tertiary/aromatic N) is 3. The third-order valence-electron chi connectivity index (χ3n) is 14.2. The summed E-state index contributed by atoms with van der Waals surface area (Å²) in [5.74, 6) is -0.277. The highest BCUT2D eigenvalue weighted by molar-refractivity contribution is 5.98. The van der Waals surface area contributed by atoms with Gasteiger partial charge in [0, 0.05) is 26.0 Å². The molecule has 1 unspecified atom stereocenters. The molecule has 11 rings (SSSR count). The number of aromatic nitrogens is 3. The molecule has 1 spiro atoms. The van der Waals surface area contributed by atoms with Gasteiger partial charge in [-0.3, -0.25) is 0 Å². The molecule has 320 valence electrons. The molecule has 0 aliphatic carbocycles. The lowest BCUT2D eigenvalue weighted by atomic mass is 9.80. The van der Waals surface area contributed by atoms with E-state index in [1.807, 2.05) is 33.8 Å². The summed E-state index contributed by atoms with van der Waals surface area (Å²) >= 11 is 0. The van der Waals surface area contributed by atoms with E-state index in [9.17, 15) is 2.74 Å². The van der Waals surface area contributed by atoms with E-state index in [1.165, 1.54) is 55.6 Å². The molecule has 0 radical (unpaired) electrons. The summed E-state index contributed by atoms with van der Waals surface area (Å²) in [5.41, 5.74) is 21.3. The van der Waals surface area contributed by atoms with Crippen molar-refractivity contribution in [2.24, 2.45) is 0 Å². The lowest BCUT2D eigenvalue weighted by Gasteiger charge is -2.34. The van der Waals surface area contributed by atoms with E-state index in [-0.39, 0.29) is 11.3 Å². The molecule has 0 fully saturated rings. The molecule has 0 amide bonds. The van der Waals surface area contributed by atoms with Crippen LogP contribution in [0.25, 0.3) is 72.7 Å². The molecule has 0 bridgehead atoms. The Bertz CT molecular complexity index is 3300. The average Bonchev–Trinajstić information content (AvgIpc) is 3.76. The van der Waals surface area contributed by atoms with Crippen LogP contribution >= 0.6 is 0 Å². The highest BCUT2D eigenvalue weighted by Crippen LogP contribution is 2.56. The second-order valence-corrected chi connectivity index (χ2v) is 20.7. The fraction of sp³-hybridized carbons (Fsp3) is 0.300. The van der Waals surface area contributed by atoms with Crippen LogP contribution < -0.4 is 13.9 Å². The van der Waals surface area contributed by atoms with Gasteiger partial charge in [0.25, 0.3) is 0 Å². The first-order chi connectivity index (χ1) is 31.2. The van der Waals surface area contributed by atoms with Crippen molar-refractivity contribution in [1.29, 1.82) is 0 Å². The highest BCUT2D eigenvalue weighted by atomic mass is 16.5. The quantitative estimate of drug-likeness (QED) is 0.147. The van der Waals surface area contributed by atoms with Gasteiger partial charge >= 0.3 is 11.7 Å². The van der Waals surface area contributed by atoms with E-state index in [0.29, 0.717) is 5.92 Å². The highest BCUT2D eigenvalue weighted by Gasteiger charge is 2.69. The minimum atomic E-state index is -1.07. The second kappa shape index (κ2) is 14.1. The third-order valence-corrected chi connectivity index (χ3v) is 14.2. The van der Waals surface area contributed by atoms with E-state index in [4.69, 9.17) is 4.74 Å². The zero-order valence-electron chi connectivity index (χ0n) is 41.5. The van der Waals surface area contributed by atoms with Gasteiger partial charge in [0.1, 0.15) is 16.8 Å². The number of para-hydroxylation sites is 1. The predicted molar refractivity (Wildman–Crippen MR) is 264 cm³/mol. The number of pyridine rings is 1. The molecular weight excluding hydrogens is 779 g/mol. The van der Waals surface area contributed by atoms with Crippen molar-refractivity contribution in [3.05, 3.63) is 166 Å². The summed E-state index contributed by atoms with van der Waals surface area (Å²) < 4.78 is 33.8. The lowest BCUT2D eigenvalue weighted by molar-refractivity contribution is -0.997. The molecular formula is C60H61N3O+2. The Labute approximate surface area is 382 Å². The number of rotatable bonds is 7.